The van der Waals surface area contributed by atoms with Gasteiger partial charge in [0.1, 0.15) is 17.4 Å². The second kappa shape index (κ2) is 11.4. The van der Waals surface area contributed by atoms with E-state index in [1.54, 1.807) is 32.9 Å². The fraction of sp³-hybridized carbons (Fsp3) is 0.370. The van der Waals surface area contributed by atoms with Gasteiger partial charge in [-0.2, -0.15) is 0 Å². The summed E-state index contributed by atoms with van der Waals surface area (Å²) in [5.74, 6) is -0.758. The van der Waals surface area contributed by atoms with Crippen LogP contribution in [0.4, 0.5) is 10.5 Å². The molecule has 14 heteroatoms. The van der Waals surface area contributed by atoms with E-state index in [9.17, 15) is 14.4 Å². The number of hydrogen-bond acceptors (Lipinski definition) is 7. The van der Waals surface area contributed by atoms with Gasteiger partial charge in [-0.25, -0.2) is 14.5 Å². The van der Waals surface area contributed by atoms with Crippen molar-refractivity contribution >= 4 is 58.4 Å². The van der Waals surface area contributed by atoms with Gasteiger partial charge in [0.2, 0.25) is 5.88 Å². The van der Waals surface area contributed by atoms with E-state index in [2.05, 4.69) is 20.7 Å². The van der Waals surface area contributed by atoms with Crippen molar-refractivity contribution in [3.63, 3.8) is 0 Å². The molecule has 0 spiro atoms. The molecule has 2 N–H and O–H groups in total. The van der Waals surface area contributed by atoms with E-state index in [4.69, 9.17) is 44.3 Å². The number of anilines is 1. The summed E-state index contributed by atoms with van der Waals surface area (Å²) < 4.78 is 12.6. The molecule has 41 heavy (non-hydrogen) atoms. The predicted molar refractivity (Wildman–Crippen MR) is 153 cm³/mol. The Labute approximate surface area is 251 Å². The van der Waals surface area contributed by atoms with Gasteiger partial charge in [0.15, 0.2) is 5.82 Å². The summed E-state index contributed by atoms with van der Waals surface area (Å²) >= 11 is 19.0. The summed E-state index contributed by atoms with van der Waals surface area (Å²) in [4.78, 5) is 44.6. The number of halogens is 3. The second-order valence-electron chi connectivity index (χ2n) is 10.7. The van der Waals surface area contributed by atoms with Crippen LogP contribution < -0.4 is 15.4 Å². The lowest BCUT2D eigenvalue weighted by Crippen LogP contribution is -2.57. The first kappa shape index (κ1) is 29.0. The minimum atomic E-state index is -0.650. The quantitative estimate of drug-likeness (QED) is 0.363. The zero-order chi connectivity index (χ0) is 29.5. The van der Waals surface area contributed by atoms with E-state index >= 15 is 0 Å². The zero-order valence-corrected chi connectivity index (χ0v) is 24.7. The summed E-state index contributed by atoms with van der Waals surface area (Å²) in [5.41, 5.74) is -0.382. The van der Waals surface area contributed by atoms with Crippen LogP contribution in [0.5, 0.6) is 5.88 Å². The first-order chi connectivity index (χ1) is 19.4. The van der Waals surface area contributed by atoms with Crippen LogP contribution in [0.2, 0.25) is 15.1 Å². The second-order valence-corrected chi connectivity index (χ2v) is 12.0. The number of likely N-dealkylation sites (tertiary alicyclic amines) is 1. The molecule has 216 valence electrons. The highest BCUT2D eigenvalue weighted by Crippen LogP contribution is 2.33. The Kier molecular flexibility index (Phi) is 8.04. The Morgan fingerprint density at radius 1 is 1.02 bits per heavy atom. The third kappa shape index (κ3) is 6.86. The average molecular weight is 622 g/mol. The minimum Gasteiger partial charge on any atom is -0.469 e. The third-order valence-electron chi connectivity index (χ3n) is 6.10. The number of nitrogens with one attached hydrogen (secondary N) is 2. The zero-order valence-electron chi connectivity index (χ0n) is 22.4. The Bertz CT molecular complexity index is 1510. The van der Waals surface area contributed by atoms with Gasteiger partial charge in [0, 0.05) is 23.3 Å². The van der Waals surface area contributed by atoms with Gasteiger partial charge in [0.05, 0.1) is 34.4 Å². The number of nitrogens with zero attached hydrogens (tertiary/aromatic N) is 4. The number of rotatable bonds is 7. The number of carbonyl (C=O) groups is 3. The largest absolute Gasteiger partial charge is 0.469 e. The Morgan fingerprint density at radius 2 is 1.76 bits per heavy atom. The summed E-state index contributed by atoms with van der Waals surface area (Å²) in [5, 5.41) is 10.6. The van der Waals surface area contributed by atoms with E-state index in [1.165, 1.54) is 34.0 Å². The van der Waals surface area contributed by atoms with E-state index < -0.39 is 23.5 Å². The van der Waals surface area contributed by atoms with Gasteiger partial charge in [-0.05, 0) is 57.9 Å². The van der Waals surface area contributed by atoms with Crippen LogP contribution in [0.1, 0.15) is 54.5 Å². The summed E-state index contributed by atoms with van der Waals surface area (Å²) in [6.07, 6.45) is 2.46. The van der Waals surface area contributed by atoms with Crippen LogP contribution in [-0.4, -0.2) is 68.4 Å². The molecule has 1 saturated carbocycles. The van der Waals surface area contributed by atoms with Crippen LogP contribution >= 0.6 is 34.8 Å². The van der Waals surface area contributed by atoms with Gasteiger partial charge in [0.25, 0.3) is 11.8 Å². The van der Waals surface area contributed by atoms with Gasteiger partial charge >= 0.3 is 6.09 Å². The van der Waals surface area contributed by atoms with E-state index in [0.29, 0.717) is 0 Å². The molecule has 2 aliphatic rings. The smallest absolute Gasteiger partial charge is 0.410 e. The molecule has 3 heterocycles. The van der Waals surface area contributed by atoms with Crippen molar-refractivity contribution in [2.75, 3.05) is 18.4 Å². The molecule has 0 unspecified atom stereocenters. The lowest BCUT2D eigenvalue weighted by Gasteiger charge is -2.38. The maximum atomic E-state index is 13.6. The first-order valence-corrected chi connectivity index (χ1v) is 14.0. The molecule has 0 radical (unpaired) electrons. The lowest BCUT2D eigenvalue weighted by atomic mass is 10.1. The minimum absolute atomic E-state index is 0.0171. The Morgan fingerprint density at radius 3 is 2.41 bits per heavy atom. The molecule has 1 aliphatic heterocycles. The number of hydrogen-bond donors (Lipinski definition) is 2. The van der Waals surface area contributed by atoms with Crippen LogP contribution in [0.25, 0.3) is 5.82 Å². The van der Waals surface area contributed by atoms with Crippen LogP contribution in [0.3, 0.4) is 0 Å². The molecule has 2 fully saturated rings. The molecule has 1 aliphatic carbocycles. The highest BCUT2D eigenvalue weighted by Gasteiger charge is 2.36. The van der Waals surface area contributed by atoms with Crippen molar-refractivity contribution in [2.24, 2.45) is 0 Å². The molecule has 2 aromatic heterocycles. The molecule has 3 amide bonds. The van der Waals surface area contributed by atoms with Crippen molar-refractivity contribution in [3.05, 3.63) is 62.9 Å². The lowest BCUT2D eigenvalue weighted by molar-refractivity contribution is -0.0233. The maximum Gasteiger partial charge on any atom is 0.410 e. The normalized spacial score (nSPS) is 15.2. The monoisotopic (exact) mass is 620 g/mol. The van der Waals surface area contributed by atoms with Crippen LogP contribution in [-0.2, 0) is 4.74 Å². The maximum absolute atomic E-state index is 13.6. The fourth-order valence-corrected chi connectivity index (χ4v) is 4.72. The van der Waals surface area contributed by atoms with E-state index in [-0.39, 0.29) is 68.9 Å². The Balaban J connectivity index is 1.39. The first-order valence-electron chi connectivity index (χ1n) is 12.8. The van der Waals surface area contributed by atoms with Crippen molar-refractivity contribution in [1.82, 2.24) is 25.0 Å². The molecule has 1 saturated heterocycles. The fourth-order valence-electron chi connectivity index (χ4n) is 3.98. The molecule has 0 bridgehead atoms. The molecule has 3 aromatic rings. The SMILES string of the molecule is CC(C)(C)OC(=O)N1CC(Oc2cc(C(=O)Nc3c(Cl)cc(Cl)cc3C(=O)NC3CC3)n(-c3ncccc3Cl)n2)C1. The average Bonchev–Trinajstić information content (AvgIpc) is 3.57. The molecule has 1 aromatic carbocycles. The summed E-state index contributed by atoms with van der Waals surface area (Å²) in [6.45, 7) is 5.95. The molecule has 0 atom stereocenters. The van der Waals surface area contributed by atoms with E-state index in [0.717, 1.165) is 12.8 Å². The van der Waals surface area contributed by atoms with Gasteiger partial charge in [-0.1, -0.05) is 34.8 Å². The summed E-state index contributed by atoms with van der Waals surface area (Å²) in [6, 6.07) is 7.62. The van der Waals surface area contributed by atoms with Crippen LogP contribution in [0.15, 0.2) is 36.5 Å². The van der Waals surface area contributed by atoms with Crippen molar-refractivity contribution in [3.8, 4) is 11.7 Å². The molecular weight excluding hydrogens is 595 g/mol. The number of benzene rings is 1. The van der Waals surface area contributed by atoms with E-state index in [1.807, 2.05) is 0 Å². The highest BCUT2D eigenvalue weighted by molar-refractivity contribution is 6.38. The van der Waals surface area contributed by atoms with Crippen molar-refractivity contribution in [2.45, 2.75) is 51.4 Å². The third-order valence-corrected chi connectivity index (χ3v) is 6.91. The van der Waals surface area contributed by atoms with Crippen LogP contribution in [0, 0.1) is 0 Å². The Hall–Kier alpha value is -3.54. The number of carbonyl (C=O) groups excluding carboxylic acids is 3. The standard InChI is InChI=1S/C27H27Cl3N6O5/c1-27(2,3)41-26(39)35-12-16(13-35)40-21-11-20(36(34-21)23-18(29)5-4-8-31-23)25(38)33-22-17(9-14(28)10-19(22)30)24(37)32-15-6-7-15/h4-5,8-11,15-16H,6-7,12-13H2,1-3H3,(H,32,37)(H,33,38). The van der Waals surface area contributed by atoms with Gasteiger partial charge in [-0.15, -0.1) is 5.10 Å². The molecular formula is C27H27Cl3N6O5. The van der Waals surface area contributed by atoms with Crippen molar-refractivity contribution < 1.29 is 23.9 Å². The number of amides is 3. The summed E-state index contributed by atoms with van der Waals surface area (Å²) in [7, 11) is 0. The predicted octanol–water partition coefficient (Wildman–Crippen LogP) is 5.37. The van der Waals surface area contributed by atoms with Crippen molar-refractivity contribution in [1.29, 1.82) is 0 Å². The molecule has 11 nitrogen and oxygen atoms in total. The van der Waals surface area contributed by atoms with Gasteiger partial charge < -0.3 is 25.0 Å². The number of aromatic nitrogens is 3. The number of ether oxygens (including phenoxy) is 2. The number of pyridine rings is 1. The topological polar surface area (TPSA) is 128 Å². The molecule has 5 rings (SSSR count). The highest BCUT2D eigenvalue weighted by atomic mass is 35.5. The van der Waals surface area contributed by atoms with Gasteiger partial charge in [-0.3, -0.25) is 9.59 Å².